The number of nitrogens with two attached hydrogens (primary N) is 1. The lowest BCUT2D eigenvalue weighted by Gasteiger charge is -2.11. The molecule has 2 nitrogen and oxygen atoms in total. The zero-order chi connectivity index (χ0) is 14.5. The van der Waals surface area contributed by atoms with E-state index in [1.54, 1.807) is 0 Å². The van der Waals surface area contributed by atoms with Crippen molar-refractivity contribution in [3.63, 3.8) is 0 Å². The van der Waals surface area contributed by atoms with E-state index in [1.807, 2.05) is 31.2 Å². The standard InChI is InChI=1S/C18H23NO/c1-13(2)16-7-5-9-18(12-16)20-17-8-4-6-15(11-17)10-14(3)19/h4-9,11-14H,10,19H2,1-3H3. The molecule has 1 unspecified atom stereocenters. The molecule has 2 N–H and O–H groups in total. The molecule has 0 aromatic heterocycles. The van der Waals surface area contributed by atoms with Crippen LogP contribution in [0.4, 0.5) is 0 Å². The van der Waals surface area contributed by atoms with Crippen LogP contribution in [0, 0.1) is 0 Å². The minimum absolute atomic E-state index is 0.162. The van der Waals surface area contributed by atoms with E-state index < -0.39 is 0 Å². The largest absolute Gasteiger partial charge is 0.457 e. The lowest BCUT2D eigenvalue weighted by atomic mass is 10.0. The SMILES string of the molecule is CC(N)Cc1cccc(Oc2cccc(C(C)C)c2)c1. The Morgan fingerprint density at radius 3 is 2.25 bits per heavy atom. The van der Waals surface area contributed by atoms with E-state index in [-0.39, 0.29) is 6.04 Å². The van der Waals surface area contributed by atoms with Crippen LogP contribution in [0.25, 0.3) is 0 Å². The molecule has 0 fully saturated rings. The van der Waals surface area contributed by atoms with Gasteiger partial charge >= 0.3 is 0 Å². The van der Waals surface area contributed by atoms with Gasteiger partial charge < -0.3 is 10.5 Å². The fourth-order valence-electron chi connectivity index (χ4n) is 2.18. The maximum atomic E-state index is 5.95. The molecule has 0 bridgehead atoms. The van der Waals surface area contributed by atoms with Crippen LogP contribution in [0.15, 0.2) is 48.5 Å². The summed E-state index contributed by atoms with van der Waals surface area (Å²) < 4.78 is 5.95. The molecule has 2 rings (SSSR count). The van der Waals surface area contributed by atoms with Crippen molar-refractivity contribution in [2.45, 2.75) is 39.2 Å². The number of rotatable bonds is 5. The molecule has 0 aliphatic heterocycles. The van der Waals surface area contributed by atoms with Gasteiger partial charge in [0.05, 0.1) is 0 Å². The minimum atomic E-state index is 0.162. The topological polar surface area (TPSA) is 35.2 Å². The van der Waals surface area contributed by atoms with Crippen molar-refractivity contribution in [1.82, 2.24) is 0 Å². The Bertz CT molecular complexity index is 561. The third-order valence-electron chi connectivity index (χ3n) is 3.22. The van der Waals surface area contributed by atoms with Crippen molar-refractivity contribution < 1.29 is 4.74 Å². The molecule has 0 aliphatic rings. The molecule has 20 heavy (non-hydrogen) atoms. The Morgan fingerprint density at radius 1 is 0.950 bits per heavy atom. The second-order valence-electron chi connectivity index (χ2n) is 5.66. The summed E-state index contributed by atoms with van der Waals surface area (Å²) in [6, 6.07) is 16.6. The number of hydrogen-bond acceptors (Lipinski definition) is 2. The number of hydrogen-bond donors (Lipinski definition) is 1. The van der Waals surface area contributed by atoms with Crippen LogP contribution in [0.3, 0.4) is 0 Å². The summed E-state index contributed by atoms with van der Waals surface area (Å²) in [6.07, 6.45) is 0.864. The molecule has 2 aromatic rings. The molecule has 0 aliphatic carbocycles. The lowest BCUT2D eigenvalue weighted by molar-refractivity contribution is 0.480. The van der Waals surface area contributed by atoms with Crippen molar-refractivity contribution in [2.75, 3.05) is 0 Å². The van der Waals surface area contributed by atoms with Gasteiger partial charge in [-0.2, -0.15) is 0 Å². The summed E-state index contributed by atoms with van der Waals surface area (Å²) in [6.45, 7) is 6.38. The van der Waals surface area contributed by atoms with Crippen molar-refractivity contribution >= 4 is 0 Å². The van der Waals surface area contributed by atoms with Crippen molar-refractivity contribution in [3.8, 4) is 11.5 Å². The monoisotopic (exact) mass is 269 g/mol. The first kappa shape index (κ1) is 14.6. The smallest absolute Gasteiger partial charge is 0.127 e. The van der Waals surface area contributed by atoms with Gasteiger partial charge in [-0.05, 0) is 54.7 Å². The number of ether oxygens (including phenoxy) is 1. The maximum absolute atomic E-state index is 5.95. The highest BCUT2D eigenvalue weighted by Gasteiger charge is 2.04. The lowest BCUT2D eigenvalue weighted by Crippen LogP contribution is -2.17. The van der Waals surface area contributed by atoms with Gasteiger partial charge in [-0.3, -0.25) is 0 Å². The second kappa shape index (κ2) is 6.58. The number of benzene rings is 2. The van der Waals surface area contributed by atoms with Gasteiger partial charge in [-0.25, -0.2) is 0 Å². The summed E-state index contributed by atoms with van der Waals surface area (Å²) in [7, 11) is 0. The Hall–Kier alpha value is -1.80. The molecule has 0 radical (unpaired) electrons. The molecule has 0 heterocycles. The first-order valence-corrected chi connectivity index (χ1v) is 7.17. The summed E-state index contributed by atoms with van der Waals surface area (Å²) in [5.41, 5.74) is 8.33. The zero-order valence-electron chi connectivity index (χ0n) is 12.5. The van der Waals surface area contributed by atoms with Crippen LogP contribution in [0.5, 0.6) is 11.5 Å². The molecular formula is C18H23NO. The molecule has 0 saturated heterocycles. The minimum Gasteiger partial charge on any atom is -0.457 e. The van der Waals surface area contributed by atoms with Gasteiger partial charge in [0.15, 0.2) is 0 Å². The molecule has 0 saturated carbocycles. The zero-order valence-corrected chi connectivity index (χ0v) is 12.5. The van der Waals surface area contributed by atoms with Crippen molar-refractivity contribution in [3.05, 3.63) is 59.7 Å². The van der Waals surface area contributed by atoms with E-state index in [0.717, 1.165) is 17.9 Å². The van der Waals surface area contributed by atoms with E-state index >= 15 is 0 Å². The highest BCUT2D eigenvalue weighted by Crippen LogP contribution is 2.26. The maximum Gasteiger partial charge on any atom is 0.127 e. The molecule has 2 heteroatoms. The molecule has 2 aromatic carbocycles. The third kappa shape index (κ3) is 4.10. The van der Waals surface area contributed by atoms with Gasteiger partial charge in [0.2, 0.25) is 0 Å². The van der Waals surface area contributed by atoms with Crippen LogP contribution in [0.2, 0.25) is 0 Å². The van der Waals surface area contributed by atoms with Crippen LogP contribution in [-0.2, 0) is 6.42 Å². The fourth-order valence-corrected chi connectivity index (χ4v) is 2.18. The Balaban J connectivity index is 2.15. The van der Waals surface area contributed by atoms with E-state index in [2.05, 4.69) is 38.1 Å². The van der Waals surface area contributed by atoms with E-state index in [9.17, 15) is 0 Å². The summed E-state index contributed by atoms with van der Waals surface area (Å²) in [5.74, 6) is 2.25. The Labute approximate surface area is 121 Å². The van der Waals surface area contributed by atoms with E-state index in [1.165, 1.54) is 11.1 Å². The Morgan fingerprint density at radius 2 is 1.60 bits per heavy atom. The van der Waals surface area contributed by atoms with E-state index in [0.29, 0.717) is 5.92 Å². The predicted molar refractivity (Wildman–Crippen MR) is 84.4 cm³/mol. The summed E-state index contributed by atoms with van der Waals surface area (Å²) >= 11 is 0. The first-order chi connectivity index (χ1) is 9.54. The summed E-state index contributed by atoms with van der Waals surface area (Å²) in [5, 5.41) is 0. The van der Waals surface area contributed by atoms with Crippen LogP contribution in [-0.4, -0.2) is 6.04 Å². The first-order valence-electron chi connectivity index (χ1n) is 7.17. The van der Waals surface area contributed by atoms with Gasteiger partial charge in [0, 0.05) is 6.04 Å². The molecule has 1 atom stereocenters. The van der Waals surface area contributed by atoms with Crippen LogP contribution >= 0.6 is 0 Å². The molecule has 0 spiro atoms. The van der Waals surface area contributed by atoms with Gasteiger partial charge in [0.25, 0.3) is 0 Å². The quantitative estimate of drug-likeness (QED) is 0.867. The average molecular weight is 269 g/mol. The normalized spacial score (nSPS) is 12.4. The van der Waals surface area contributed by atoms with Gasteiger partial charge in [-0.1, -0.05) is 38.1 Å². The molecular weight excluding hydrogens is 246 g/mol. The average Bonchev–Trinajstić information content (AvgIpc) is 2.38. The highest BCUT2D eigenvalue weighted by molar-refractivity contribution is 5.36. The fraction of sp³-hybridized carbons (Fsp3) is 0.333. The van der Waals surface area contributed by atoms with E-state index in [4.69, 9.17) is 10.5 Å². The van der Waals surface area contributed by atoms with Crippen molar-refractivity contribution in [2.24, 2.45) is 5.73 Å². The van der Waals surface area contributed by atoms with Crippen molar-refractivity contribution in [1.29, 1.82) is 0 Å². The molecule has 0 amide bonds. The summed E-state index contributed by atoms with van der Waals surface area (Å²) in [4.78, 5) is 0. The predicted octanol–water partition coefficient (Wildman–Crippen LogP) is 4.49. The second-order valence-corrected chi connectivity index (χ2v) is 5.66. The Kier molecular flexibility index (Phi) is 4.80. The van der Waals surface area contributed by atoms with Crippen LogP contribution < -0.4 is 10.5 Å². The van der Waals surface area contributed by atoms with Gasteiger partial charge in [-0.15, -0.1) is 0 Å². The third-order valence-corrected chi connectivity index (χ3v) is 3.22. The van der Waals surface area contributed by atoms with Gasteiger partial charge in [0.1, 0.15) is 11.5 Å². The van der Waals surface area contributed by atoms with Crippen LogP contribution in [0.1, 0.15) is 37.8 Å². The molecule has 106 valence electrons. The highest BCUT2D eigenvalue weighted by atomic mass is 16.5.